The Morgan fingerprint density at radius 2 is 2.10 bits per heavy atom. The van der Waals surface area contributed by atoms with Gasteiger partial charge in [0.25, 0.3) is 0 Å². The zero-order chi connectivity index (χ0) is 15.3. The highest BCUT2D eigenvalue weighted by Gasteiger charge is 2.33. The molecule has 2 amide bonds. The Hall–Kier alpha value is -1.59. The van der Waals surface area contributed by atoms with E-state index in [0.717, 1.165) is 12.7 Å². The van der Waals surface area contributed by atoms with Crippen molar-refractivity contribution in [3.63, 3.8) is 0 Å². The van der Waals surface area contributed by atoms with Crippen molar-refractivity contribution in [2.24, 2.45) is 0 Å². The number of alkyl carbamates (subject to hydrolysis) is 1. The Balaban J connectivity index is 2.63. The van der Waals surface area contributed by atoms with E-state index in [4.69, 9.17) is 4.74 Å². The number of aldehydes is 1. The van der Waals surface area contributed by atoms with Crippen LogP contribution < -0.4 is 5.32 Å². The number of ether oxygens (including phenoxy) is 1. The summed E-state index contributed by atoms with van der Waals surface area (Å²) < 4.78 is 5.15. The number of rotatable bonds is 4. The van der Waals surface area contributed by atoms with Crippen molar-refractivity contribution in [2.45, 2.75) is 64.6 Å². The smallest absolute Gasteiger partial charge is 0.408 e. The maximum Gasteiger partial charge on any atom is 0.408 e. The molecule has 0 radical (unpaired) electrons. The molecular formula is C14H24N2O4. The lowest BCUT2D eigenvalue weighted by Crippen LogP contribution is -2.51. The van der Waals surface area contributed by atoms with Gasteiger partial charge in [0.05, 0.1) is 6.04 Å². The molecule has 20 heavy (non-hydrogen) atoms. The maximum absolute atomic E-state index is 12.3. The second-order valence-electron chi connectivity index (χ2n) is 5.98. The van der Waals surface area contributed by atoms with Crippen molar-refractivity contribution in [3.8, 4) is 0 Å². The van der Waals surface area contributed by atoms with Gasteiger partial charge in [0, 0.05) is 6.54 Å². The van der Waals surface area contributed by atoms with E-state index >= 15 is 0 Å². The highest BCUT2D eigenvalue weighted by Crippen LogP contribution is 2.17. The van der Waals surface area contributed by atoms with E-state index in [1.54, 1.807) is 25.7 Å². The van der Waals surface area contributed by atoms with Gasteiger partial charge in [-0.05, 0) is 40.0 Å². The summed E-state index contributed by atoms with van der Waals surface area (Å²) in [4.78, 5) is 36.5. The fourth-order valence-electron chi connectivity index (χ4n) is 2.20. The van der Waals surface area contributed by atoms with Crippen LogP contribution in [0.5, 0.6) is 0 Å². The molecule has 1 saturated heterocycles. The molecule has 1 aliphatic rings. The molecule has 1 heterocycles. The molecule has 2 atom stereocenters. The normalized spacial score (nSPS) is 20.4. The monoisotopic (exact) mass is 284 g/mol. The van der Waals surface area contributed by atoms with Crippen molar-refractivity contribution < 1.29 is 19.1 Å². The van der Waals surface area contributed by atoms with E-state index in [-0.39, 0.29) is 11.9 Å². The second kappa shape index (κ2) is 6.72. The quantitative estimate of drug-likeness (QED) is 0.793. The van der Waals surface area contributed by atoms with Crippen molar-refractivity contribution >= 4 is 18.3 Å². The fourth-order valence-corrected chi connectivity index (χ4v) is 2.20. The molecule has 0 aromatic carbocycles. The molecule has 1 fully saturated rings. The van der Waals surface area contributed by atoms with Gasteiger partial charge in [0.15, 0.2) is 0 Å². The third-order valence-corrected chi connectivity index (χ3v) is 3.14. The van der Waals surface area contributed by atoms with Gasteiger partial charge in [-0.15, -0.1) is 0 Å². The first-order chi connectivity index (χ1) is 9.28. The lowest BCUT2D eigenvalue weighted by molar-refractivity contribution is -0.136. The molecule has 6 nitrogen and oxygen atoms in total. The van der Waals surface area contributed by atoms with Gasteiger partial charge in [0.2, 0.25) is 5.91 Å². The summed E-state index contributed by atoms with van der Waals surface area (Å²) in [7, 11) is 0. The Morgan fingerprint density at radius 3 is 2.60 bits per heavy atom. The Morgan fingerprint density at radius 1 is 1.45 bits per heavy atom. The SMILES string of the molecule is CCC(NC(=O)OC(C)(C)C)C(=O)N1CCCC1C=O. The molecule has 0 aliphatic carbocycles. The van der Waals surface area contributed by atoms with E-state index in [2.05, 4.69) is 5.32 Å². The van der Waals surface area contributed by atoms with Crippen molar-refractivity contribution in [1.82, 2.24) is 10.2 Å². The maximum atomic E-state index is 12.3. The molecule has 0 bridgehead atoms. The average molecular weight is 284 g/mol. The van der Waals surface area contributed by atoms with E-state index in [0.29, 0.717) is 19.4 Å². The van der Waals surface area contributed by atoms with Gasteiger partial charge >= 0.3 is 6.09 Å². The summed E-state index contributed by atoms with van der Waals surface area (Å²) in [5.41, 5.74) is -0.607. The minimum Gasteiger partial charge on any atom is -0.444 e. The van der Waals surface area contributed by atoms with Gasteiger partial charge in [-0.3, -0.25) is 4.79 Å². The second-order valence-corrected chi connectivity index (χ2v) is 5.98. The molecular weight excluding hydrogens is 260 g/mol. The van der Waals surface area contributed by atoms with Gasteiger partial charge in [-0.2, -0.15) is 0 Å². The molecule has 0 spiro atoms. The topological polar surface area (TPSA) is 75.7 Å². The molecule has 0 aromatic heterocycles. The van der Waals surface area contributed by atoms with Gasteiger partial charge in [0.1, 0.15) is 17.9 Å². The number of carbonyl (C=O) groups is 3. The van der Waals surface area contributed by atoms with Crippen LogP contribution in [0.25, 0.3) is 0 Å². The minimum absolute atomic E-state index is 0.215. The molecule has 0 aromatic rings. The molecule has 1 N–H and O–H groups in total. The number of amides is 2. The van der Waals surface area contributed by atoms with E-state index in [9.17, 15) is 14.4 Å². The molecule has 2 unspecified atom stereocenters. The van der Waals surface area contributed by atoms with E-state index in [1.807, 2.05) is 6.92 Å². The summed E-state index contributed by atoms with van der Waals surface area (Å²) in [6.45, 7) is 7.66. The fraction of sp³-hybridized carbons (Fsp3) is 0.786. The molecule has 0 saturated carbocycles. The lowest BCUT2D eigenvalue weighted by Gasteiger charge is -2.27. The summed E-state index contributed by atoms with van der Waals surface area (Å²) in [6.07, 6.45) is 2.15. The number of nitrogens with one attached hydrogen (secondary N) is 1. The Kier molecular flexibility index (Phi) is 5.53. The van der Waals surface area contributed by atoms with Crippen LogP contribution in [0.2, 0.25) is 0 Å². The predicted octanol–water partition coefficient (Wildman–Crippen LogP) is 1.48. The first kappa shape index (κ1) is 16.5. The zero-order valence-corrected chi connectivity index (χ0v) is 12.6. The summed E-state index contributed by atoms with van der Waals surface area (Å²) in [5.74, 6) is -0.215. The van der Waals surface area contributed by atoms with E-state index in [1.165, 1.54) is 0 Å². The van der Waals surface area contributed by atoms with Crippen LogP contribution in [0.3, 0.4) is 0 Å². The number of carbonyl (C=O) groups excluding carboxylic acids is 3. The molecule has 6 heteroatoms. The number of hydrogen-bond acceptors (Lipinski definition) is 4. The lowest BCUT2D eigenvalue weighted by atomic mass is 10.1. The van der Waals surface area contributed by atoms with Crippen LogP contribution in [-0.2, 0) is 14.3 Å². The highest BCUT2D eigenvalue weighted by atomic mass is 16.6. The van der Waals surface area contributed by atoms with Gasteiger partial charge in [-0.1, -0.05) is 6.92 Å². The van der Waals surface area contributed by atoms with E-state index < -0.39 is 17.7 Å². The first-order valence-electron chi connectivity index (χ1n) is 7.03. The van der Waals surface area contributed by atoms with Gasteiger partial charge in [-0.25, -0.2) is 4.79 Å². The standard InChI is InChI=1S/C14H24N2O4/c1-5-11(15-13(19)20-14(2,3)4)12(18)16-8-6-7-10(16)9-17/h9-11H,5-8H2,1-4H3,(H,15,19). The Bertz CT molecular complexity index is 376. The Labute approximate surface area is 119 Å². The van der Waals surface area contributed by atoms with Gasteiger partial charge < -0.3 is 19.7 Å². The molecule has 1 aliphatic heterocycles. The summed E-state index contributed by atoms with van der Waals surface area (Å²) in [6, 6.07) is -1.01. The zero-order valence-electron chi connectivity index (χ0n) is 12.6. The number of likely N-dealkylation sites (tertiary alicyclic amines) is 1. The van der Waals surface area contributed by atoms with Crippen LogP contribution in [-0.4, -0.2) is 47.4 Å². The third-order valence-electron chi connectivity index (χ3n) is 3.14. The summed E-state index contributed by atoms with van der Waals surface area (Å²) >= 11 is 0. The molecule has 114 valence electrons. The van der Waals surface area contributed by atoms with Crippen LogP contribution >= 0.6 is 0 Å². The van der Waals surface area contributed by atoms with Crippen molar-refractivity contribution in [3.05, 3.63) is 0 Å². The summed E-state index contributed by atoms with van der Waals surface area (Å²) in [5, 5.41) is 2.58. The van der Waals surface area contributed by atoms with Crippen LogP contribution in [0.1, 0.15) is 47.0 Å². The number of nitrogens with zero attached hydrogens (tertiary/aromatic N) is 1. The number of hydrogen-bond donors (Lipinski definition) is 1. The largest absolute Gasteiger partial charge is 0.444 e. The minimum atomic E-state index is -0.648. The average Bonchev–Trinajstić information content (AvgIpc) is 2.81. The van der Waals surface area contributed by atoms with Crippen molar-refractivity contribution in [1.29, 1.82) is 0 Å². The van der Waals surface area contributed by atoms with Crippen LogP contribution in [0.15, 0.2) is 0 Å². The van der Waals surface area contributed by atoms with Crippen LogP contribution in [0, 0.1) is 0 Å². The molecule has 1 rings (SSSR count). The highest BCUT2D eigenvalue weighted by molar-refractivity contribution is 5.88. The first-order valence-corrected chi connectivity index (χ1v) is 7.03. The third kappa shape index (κ3) is 4.51. The predicted molar refractivity (Wildman–Crippen MR) is 74.2 cm³/mol. The van der Waals surface area contributed by atoms with Crippen LogP contribution in [0.4, 0.5) is 4.79 Å². The van der Waals surface area contributed by atoms with Crippen molar-refractivity contribution in [2.75, 3.05) is 6.54 Å².